The van der Waals surface area contributed by atoms with Crippen LogP contribution in [0.15, 0.2) is 36.4 Å². The number of methoxy groups -OCH3 is 2. The summed E-state index contributed by atoms with van der Waals surface area (Å²) >= 11 is 0. The molecule has 0 heterocycles. The Morgan fingerprint density at radius 3 is 2.33 bits per heavy atom. The van der Waals surface area contributed by atoms with E-state index in [1.165, 1.54) is 24.0 Å². The van der Waals surface area contributed by atoms with Crippen molar-refractivity contribution in [1.82, 2.24) is 5.32 Å². The Balaban J connectivity index is 1.76. The number of benzene rings is 2. The van der Waals surface area contributed by atoms with Gasteiger partial charge in [0.15, 0.2) is 0 Å². The molecule has 1 N–H and O–H groups in total. The molecule has 0 radical (unpaired) electrons. The average molecular weight is 325 g/mol. The van der Waals surface area contributed by atoms with E-state index in [4.69, 9.17) is 9.47 Å². The minimum absolute atomic E-state index is 0.0550. The van der Waals surface area contributed by atoms with Gasteiger partial charge >= 0.3 is 0 Å². The molecule has 0 fully saturated rings. The van der Waals surface area contributed by atoms with E-state index in [0.717, 1.165) is 12.0 Å². The first-order valence-electron chi connectivity index (χ1n) is 8.26. The van der Waals surface area contributed by atoms with Gasteiger partial charge in [-0.25, -0.2) is 0 Å². The van der Waals surface area contributed by atoms with Gasteiger partial charge < -0.3 is 14.8 Å². The van der Waals surface area contributed by atoms with Crippen LogP contribution in [0.5, 0.6) is 11.5 Å². The first-order valence-corrected chi connectivity index (χ1v) is 8.26. The number of nitrogens with one attached hydrogen (secondary N) is 1. The van der Waals surface area contributed by atoms with Crippen LogP contribution in [0.1, 0.15) is 46.4 Å². The number of ether oxygens (including phenoxy) is 2. The Labute approximate surface area is 142 Å². The molecule has 126 valence electrons. The fourth-order valence-corrected chi connectivity index (χ4v) is 3.16. The van der Waals surface area contributed by atoms with Crippen LogP contribution in [0.25, 0.3) is 0 Å². The maximum atomic E-state index is 12.6. The average Bonchev–Trinajstić information content (AvgIpc) is 3.08. The first-order chi connectivity index (χ1) is 11.6. The maximum absolute atomic E-state index is 12.6. The van der Waals surface area contributed by atoms with Crippen molar-refractivity contribution in [2.75, 3.05) is 14.2 Å². The molecule has 2 aromatic carbocycles. The van der Waals surface area contributed by atoms with E-state index < -0.39 is 0 Å². The van der Waals surface area contributed by atoms with Gasteiger partial charge in [0.2, 0.25) is 0 Å². The van der Waals surface area contributed by atoms with Crippen molar-refractivity contribution in [2.45, 2.75) is 32.2 Å². The monoisotopic (exact) mass is 325 g/mol. The Morgan fingerprint density at radius 1 is 1.00 bits per heavy atom. The van der Waals surface area contributed by atoms with Gasteiger partial charge in [-0.05, 0) is 55.0 Å². The molecule has 1 aliphatic rings. The van der Waals surface area contributed by atoms with E-state index in [0.29, 0.717) is 17.1 Å². The normalized spacial score (nSPS) is 14.0. The van der Waals surface area contributed by atoms with E-state index in [-0.39, 0.29) is 11.9 Å². The predicted molar refractivity (Wildman–Crippen MR) is 93.9 cm³/mol. The molecule has 1 atom stereocenters. The van der Waals surface area contributed by atoms with Crippen molar-refractivity contribution in [3.63, 3.8) is 0 Å². The van der Waals surface area contributed by atoms with Crippen molar-refractivity contribution in [2.24, 2.45) is 0 Å². The number of fused-ring (bicyclic) bond motifs is 1. The van der Waals surface area contributed by atoms with Gasteiger partial charge in [0.05, 0.1) is 20.3 Å². The van der Waals surface area contributed by atoms with Gasteiger partial charge in [-0.1, -0.05) is 18.2 Å². The van der Waals surface area contributed by atoms with Gasteiger partial charge in [0.1, 0.15) is 11.5 Å². The highest BCUT2D eigenvalue weighted by Gasteiger charge is 2.16. The minimum Gasteiger partial charge on any atom is -0.497 e. The van der Waals surface area contributed by atoms with Crippen molar-refractivity contribution in [1.29, 1.82) is 0 Å². The van der Waals surface area contributed by atoms with Crippen LogP contribution in [0.3, 0.4) is 0 Å². The zero-order chi connectivity index (χ0) is 17.1. The Bertz CT molecular complexity index is 732. The number of rotatable bonds is 5. The van der Waals surface area contributed by atoms with Crippen LogP contribution in [0, 0.1) is 0 Å². The molecule has 24 heavy (non-hydrogen) atoms. The van der Waals surface area contributed by atoms with Crippen molar-refractivity contribution in [3.8, 4) is 11.5 Å². The molecule has 0 aromatic heterocycles. The summed E-state index contributed by atoms with van der Waals surface area (Å²) in [5.74, 6) is 1.06. The summed E-state index contributed by atoms with van der Waals surface area (Å²) < 4.78 is 10.5. The van der Waals surface area contributed by atoms with Crippen molar-refractivity contribution >= 4 is 5.91 Å². The number of hydrogen-bond donors (Lipinski definition) is 1. The molecule has 0 saturated carbocycles. The molecule has 4 nitrogen and oxygen atoms in total. The molecule has 0 spiro atoms. The van der Waals surface area contributed by atoms with E-state index in [2.05, 4.69) is 23.5 Å². The van der Waals surface area contributed by atoms with E-state index in [9.17, 15) is 4.79 Å². The highest BCUT2D eigenvalue weighted by atomic mass is 16.5. The third kappa shape index (κ3) is 3.37. The first kappa shape index (κ1) is 16.4. The quantitative estimate of drug-likeness (QED) is 0.912. The van der Waals surface area contributed by atoms with E-state index >= 15 is 0 Å². The van der Waals surface area contributed by atoms with Crippen molar-refractivity contribution < 1.29 is 14.3 Å². The molecule has 2 aromatic rings. The second kappa shape index (κ2) is 6.95. The topological polar surface area (TPSA) is 47.6 Å². The van der Waals surface area contributed by atoms with E-state index in [1.807, 2.05) is 6.92 Å². The Hall–Kier alpha value is -2.49. The molecule has 4 heteroatoms. The molecular weight excluding hydrogens is 302 g/mol. The molecule has 0 bridgehead atoms. The number of carbonyl (C=O) groups is 1. The van der Waals surface area contributed by atoms with Gasteiger partial charge in [-0.3, -0.25) is 4.79 Å². The SMILES string of the molecule is COc1cc(OC)cc(C(=O)N[C@@H](C)c2ccc3c(c2)CCC3)c1. The fourth-order valence-electron chi connectivity index (χ4n) is 3.16. The summed E-state index contributed by atoms with van der Waals surface area (Å²) in [6.07, 6.45) is 3.53. The second-order valence-corrected chi connectivity index (χ2v) is 6.18. The van der Waals surface area contributed by atoms with Gasteiger partial charge in [0, 0.05) is 11.6 Å². The number of aryl methyl sites for hydroxylation is 2. The Kier molecular flexibility index (Phi) is 4.74. The van der Waals surface area contributed by atoms with Crippen LogP contribution in [-0.4, -0.2) is 20.1 Å². The summed E-state index contributed by atoms with van der Waals surface area (Å²) in [6.45, 7) is 2.01. The van der Waals surface area contributed by atoms with Crippen LogP contribution in [-0.2, 0) is 12.8 Å². The lowest BCUT2D eigenvalue weighted by atomic mass is 10.0. The summed E-state index contributed by atoms with van der Waals surface area (Å²) in [7, 11) is 3.15. The number of hydrogen-bond acceptors (Lipinski definition) is 3. The predicted octanol–water partition coefficient (Wildman–Crippen LogP) is 3.68. The van der Waals surface area contributed by atoms with Gasteiger partial charge in [0.25, 0.3) is 5.91 Å². The molecule has 3 rings (SSSR count). The summed E-state index contributed by atoms with van der Waals surface area (Å²) in [5, 5.41) is 3.06. The summed E-state index contributed by atoms with van der Waals surface area (Å²) in [6, 6.07) is 11.7. The third-order valence-electron chi connectivity index (χ3n) is 4.58. The standard InChI is InChI=1S/C20H23NO3/c1-13(15-8-7-14-5-4-6-16(14)9-15)21-20(22)17-10-18(23-2)12-19(11-17)24-3/h7-13H,4-6H2,1-3H3,(H,21,22)/t13-/m0/s1. The summed E-state index contributed by atoms with van der Waals surface area (Å²) in [4.78, 5) is 12.6. The van der Waals surface area contributed by atoms with Crippen molar-refractivity contribution in [3.05, 3.63) is 58.7 Å². The highest BCUT2D eigenvalue weighted by Crippen LogP contribution is 2.26. The third-order valence-corrected chi connectivity index (χ3v) is 4.58. The molecule has 1 amide bonds. The van der Waals surface area contributed by atoms with Gasteiger partial charge in [-0.2, -0.15) is 0 Å². The molecular formula is C20H23NO3. The largest absolute Gasteiger partial charge is 0.497 e. The van der Waals surface area contributed by atoms with Gasteiger partial charge in [-0.15, -0.1) is 0 Å². The highest BCUT2D eigenvalue weighted by molar-refractivity contribution is 5.95. The zero-order valence-electron chi connectivity index (χ0n) is 14.4. The summed E-state index contributed by atoms with van der Waals surface area (Å²) in [5.41, 5.74) is 4.52. The van der Waals surface area contributed by atoms with Crippen LogP contribution in [0.4, 0.5) is 0 Å². The molecule has 0 saturated heterocycles. The maximum Gasteiger partial charge on any atom is 0.252 e. The zero-order valence-corrected chi connectivity index (χ0v) is 14.4. The minimum atomic E-state index is -0.139. The smallest absolute Gasteiger partial charge is 0.252 e. The van der Waals surface area contributed by atoms with Crippen LogP contribution >= 0.6 is 0 Å². The Morgan fingerprint density at radius 2 is 1.67 bits per heavy atom. The van der Waals surface area contributed by atoms with Crippen LogP contribution < -0.4 is 14.8 Å². The second-order valence-electron chi connectivity index (χ2n) is 6.18. The molecule has 0 unspecified atom stereocenters. The lowest BCUT2D eigenvalue weighted by molar-refractivity contribution is 0.0939. The number of amides is 1. The molecule has 1 aliphatic carbocycles. The fraction of sp³-hybridized carbons (Fsp3) is 0.350. The van der Waals surface area contributed by atoms with E-state index in [1.54, 1.807) is 32.4 Å². The van der Waals surface area contributed by atoms with Crippen LogP contribution in [0.2, 0.25) is 0 Å². The number of carbonyl (C=O) groups excluding carboxylic acids is 1. The lowest BCUT2D eigenvalue weighted by Gasteiger charge is -2.16. The molecule has 0 aliphatic heterocycles. The lowest BCUT2D eigenvalue weighted by Crippen LogP contribution is -2.26.